The Morgan fingerprint density at radius 2 is 2.16 bits per heavy atom. The van der Waals surface area contributed by atoms with Crippen LogP contribution in [-0.2, 0) is 11.3 Å². The van der Waals surface area contributed by atoms with Gasteiger partial charge in [-0.3, -0.25) is 4.79 Å². The lowest BCUT2D eigenvalue weighted by Crippen LogP contribution is -2.37. The van der Waals surface area contributed by atoms with E-state index < -0.39 is 12.0 Å². The minimum Gasteiger partial charge on any atom is -0.497 e. The van der Waals surface area contributed by atoms with Crippen molar-refractivity contribution in [1.82, 2.24) is 5.32 Å². The Morgan fingerprint density at radius 3 is 2.68 bits per heavy atom. The van der Waals surface area contributed by atoms with Crippen molar-refractivity contribution in [3.05, 3.63) is 28.2 Å². The summed E-state index contributed by atoms with van der Waals surface area (Å²) in [7, 11) is 1.61. The SMILES string of the molecule is COc1ccc(Br)c(CNC(CC(C)C)C(=O)O)c1. The Labute approximate surface area is 122 Å². The van der Waals surface area contributed by atoms with E-state index in [1.54, 1.807) is 7.11 Å². The van der Waals surface area contributed by atoms with Crippen molar-refractivity contribution >= 4 is 21.9 Å². The van der Waals surface area contributed by atoms with E-state index in [0.717, 1.165) is 15.8 Å². The number of benzene rings is 1. The minimum absolute atomic E-state index is 0.336. The molecule has 0 bridgehead atoms. The van der Waals surface area contributed by atoms with Crippen LogP contribution in [0.1, 0.15) is 25.8 Å². The standard InChI is InChI=1S/C14H20BrNO3/c1-9(2)6-13(14(17)18)16-8-10-7-11(19-3)4-5-12(10)15/h4-5,7,9,13,16H,6,8H2,1-3H3,(H,17,18). The summed E-state index contributed by atoms with van der Waals surface area (Å²) in [5.41, 5.74) is 0.981. The summed E-state index contributed by atoms with van der Waals surface area (Å²) in [6.45, 7) is 4.51. The molecule has 0 fully saturated rings. The lowest BCUT2D eigenvalue weighted by Gasteiger charge is -2.17. The molecule has 5 heteroatoms. The van der Waals surface area contributed by atoms with Crippen LogP contribution in [0.2, 0.25) is 0 Å². The highest BCUT2D eigenvalue weighted by Crippen LogP contribution is 2.22. The first kappa shape index (κ1) is 16.0. The molecule has 2 N–H and O–H groups in total. The van der Waals surface area contributed by atoms with Crippen LogP contribution in [0.25, 0.3) is 0 Å². The highest BCUT2D eigenvalue weighted by Gasteiger charge is 2.18. The fourth-order valence-corrected chi connectivity index (χ4v) is 2.18. The molecule has 0 saturated heterocycles. The van der Waals surface area contributed by atoms with Crippen LogP contribution in [-0.4, -0.2) is 24.2 Å². The average molecular weight is 330 g/mol. The van der Waals surface area contributed by atoms with Crippen LogP contribution < -0.4 is 10.1 Å². The number of carboxylic acid groups (broad SMARTS) is 1. The molecule has 0 radical (unpaired) electrons. The van der Waals surface area contributed by atoms with Crippen LogP contribution in [0.15, 0.2) is 22.7 Å². The van der Waals surface area contributed by atoms with Crippen molar-refractivity contribution in [2.75, 3.05) is 7.11 Å². The molecular weight excluding hydrogens is 310 g/mol. The number of ether oxygens (including phenoxy) is 1. The van der Waals surface area contributed by atoms with Crippen molar-refractivity contribution in [2.24, 2.45) is 5.92 Å². The lowest BCUT2D eigenvalue weighted by molar-refractivity contribution is -0.140. The third kappa shape index (κ3) is 5.20. The molecule has 0 saturated carbocycles. The van der Waals surface area contributed by atoms with Gasteiger partial charge in [0.25, 0.3) is 0 Å². The summed E-state index contributed by atoms with van der Waals surface area (Å²) in [6.07, 6.45) is 0.608. The van der Waals surface area contributed by atoms with E-state index >= 15 is 0 Å². The van der Waals surface area contributed by atoms with Gasteiger partial charge in [-0.05, 0) is 36.1 Å². The average Bonchev–Trinajstić information content (AvgIpc) is 2.35. The smallest absolute Gasteiger partial charge is 0.320 e. The van der Waals surface area contributed by atoms with Crippen molar-refractivity contribution in [3.63, 3.8) is 0 Å². The zero-order valence-corrected chi connectivity index (χ0v) is 13.0. The number of hydrogen-bond donors (Lipinski definition) is 2. The molecule has 1 aromatic carbocycles. The van der Waals surface area contributed by atoms with Crippen molar-refractivity contribution in [3.8, 4) is 5.75 Å². The maximum absolute atomic E-state index is 11.2. The number of carbonyl (C=O) groups is 1. The van der Waals surface area contributed by atoms with Gasteiger partial charge in [0.1, 0.15) is 11.8 Å². The highest BCUT2D eigenvalue weighted by molar-refractivity contribution is 9.10. The Bertz CT molecular complexity index is 435. The molecule has 1 unspecified atom stereocenters. The van der Waals surface area contributed by atoms with Gasteiger partial charge in [-0.15, -0.1) is 0 Å². The molecule has 0 aliphatic carbocycles. The van der Waals surface area contributed by atoms with Gasteiger partial charge in [0.15, 0.2) is 0 Å². The number of aliphatic carboxylic acids is 1. The van der Waals surface area contributed by atoms with Gasteiger partial charge in [0, 0.05) is 11.0 Å². The number of hydrogen-bond acceptors (Lipinski definition) is 3. The van der Waals surface area contributed by atoms with Gasteiger partial charge < -0.3 is 15.2 Å². The predicted octanol–water partition coefficient (Wildman–Crippen LogP) is 3.05. The first-order valence-electron chi connectivity index (χ1n) is 6.22. The van der Waals surface area contributed by atoms with Crippen molar-refractivity contribution in [1.29, 1.82) is 0 Å². The highest BCUT2D eigenvalue weighted by atomic mass is 79.9. The third-order valence-electron chi connectivity index (χ3n) is 2.80. The molecule has 19 heavy (non-hydrogen) atoms. The number of methoxy groups -OCH3 is 1. The molecule has 0 spiro atoms. The van der Waals surface area contributed by atoms with E-state index in [1.165, 1.54) is 0 Å². The fraction of sp³-hybridized carbons (Fsp3) is 0.500. The summed E-state index contributed by atoms with van der Waals surface area (Å²) in [4.78, 5) is 11.2. The van der Waals surface area contributed by atoms with Gasteiger partial charge in [0.05, 0.1) is 7.11 Å². The molecule has 106 valence electrons. The van der Waals surface area contributed by atoms with Crippen LogP contribution in [0.3, 0.4) is 0 Å². The zero-order valence-electron chi connectivity index (χ0n) is 11.4. The number of halogens is 1. The normalized spacial score (nSPS) is 12.5. The monoisotopic (exact) mass is 329 g/mol. The predicted molar refractivity (Wildman–Crippen MR) is 78.4 cm³/mol. The molecule has 1 aromatic rings. The number of nitrogens with one attached hydrogen (secondary N) is 1. The first-order valence-corrected chi connectivity index (χ1v) is 7.02. The largest absolute Gasteiger partial charge is 0.497 e. The van der Waals surface area contributed by atoms with E-state index in [4.69, 9.17) is 4.74 Å². The van der Waals surface area contributed by atoms with Crippen LogP contribution in [0, 0.1) is 5.92 Å². The van der Waals surface area contributed by atoms with Crippen LogP contribution in [0.5, 0.6) is 5.75 Å². The minimum atomic E-state index is -0.812. The van der Waals surface area contributed by atoms with Gasteiger partial charge in [-0.1, -0.05) is 29.8 Å². The molecular formula is C14H20BrNO3. The third-order valence-corrected chi connectivity index (χ3v) is 3.57. The molecule has 0 aromatic heterocycles. The molecule has 0 amide bonds. The second kappa shape index (κ2) is 7.50. The molecule has 0 aliphatic heterocycles. The van der Waals surface area contributed by atoms with E-state index in [-0.39, 0.29) is 0 Å². The Kier molecular flexibility index (Phi) is 6.31. The molecule has 0 aliphatic rings. The Balaban J connectivity index is 2.70. The molecule has 4 nitrogen and oxygen atoms in total. The fourth-order valence-electron chi connectivity index (χ4n) is 1.79. The van der Waals surface area contributed by atoms with E-state index in [1.807, 2.05) is 32.0 Å². The lowest BCUT2D eigenvalue weighted by atomic mass is 10.0. The van der Waals surface area contributed by atoms with Crippen LogP contribution in [0.4, 0.5) is 0 Å². The van der Waals surface area contributed by atoms with Crippen LogP contribution >= 0.6 is 15.9 Å². The number of rotatable bonds is 7. The van der Waals surface area contributed by atoms with Crippen molar-refractivity contribution in [2.45, 2.75) is 32.9 Å². The summed E-state index contributed by atoms with van der Waals surface area (Å²) in [5.74, 6) is 0.283. The molecule has 1 atom stereocenters. The summed E-state index contributed by atoms with van der Waals surface area (Å²) < 4.78 is 6.10. The second-order valence-corrected chi connectivity index (χ2v) is 5.71. The molecule has 0 heterocycles. The topological polar surface area (TPSA) is 58.6 Å². The second-order valence-electron chi connectivity index (χ2n) is 4.86. The first-order chi connectivity index (χ1) is 8.93. The maximum Gasteiger partial charge on any atom is 0.320 e. The van der Waals surface area contributed by atoms with Gasteiger partial charge >= 0.3 is 5.97 Å². The van der Waals surface area contributed by atoms with E-state index in [0.29, 0.717) is 18.9 Å². The summed E-state index contributed by atoms with van der Waals surface area (Å²) >= 11 is 3.45. The molecule has 1 rings (SSSR count). The van der Waals surface area contributed by atoms with Gasteiger partial charge in [-0.2, -0.15) is 0 Å². The van der Waals surface area contributed by atoms with Gasteiger partial charge in [0.2, 0.25) is 0 Å². The summed E-state index contributed by atoms with van der Waals surface area (Å²) in [5, 5.41) is 12.2. The van der Waals surface area contributed by atoms with E-state index in [9.17, 15) is 9.90 Å². The van der Waals surface area contributed by atoms with E-state index in [2.05, 4.69) is 21.2 Å². The Hall–Kier alpha value is -1.07. The maximum atomic E-state index is 11.2. The number of carboxylic acids is 1. The van der Waals surface area contributed by atoms with Crippen molar-refractivity contribution < 1.29 is 14.6 Å². The summed E-state index contributed by atoms with van der Waals surface area (Å²) in [6, 6.07) is 5.12. The quantitative estimate of drug-likeness (QED) is 0.807. The van der Waals surface area contributed by atoms with Gasteiger partial charge in [-0.25, -0.2) is 0 Å². The Morgan fingerprint density at radius 1 is 1.47 bits per heavy atom. The zero-order chi connectivity index (χ0) is 14.4.